The molecule has 1 aliphatic heterocycles. The smallest absolute Gasteiger partial charge is 0.358 e. The third-order valence-electron chi connectivity index (χ3n) is 4.85. The Labute approximate surface area is 188 Å². The van der Waals surface area contributed by atoms with Crippen LogP contribution in [0.3, 0.4) is 0 Å². The Morgan fingerprint density at radius 3 is 2.53 bits per heavy atom. The van der Waals surface area contributed by atoms with E-state index in [1.807, 2.05) is 48.5 Å². The molecule has 1 saturated heterocycles. The van der Waals surface area contributed by atoms with Crippen LogP contribution in [-0.4, -0.2) is 33.5 Å². The number of aromatic nitrogens is 1. The van der Waals surface area contributed by atoms with Crippen molar-refractivity contribution in [2.45, 2.75) is 16.7 Å². The number of methoxy groups -OCH3 is 1. The van der Waals surface area contributed by atoms with E-state index in [1.54, 1.807) is 17.2 Å². The van der Waals surface area contributed by atoms with Crippen molar-refractivity contribution in [2.75, 3.05) is 12.0 Å². The number of anilines is 2. The van der Waals surface area contributed by atoms with Crippen molar-refractivity contribution in [1.29, 1.82) is 0 Å². The van der Waals surface area contributed by atoms with E-state index in [0.29, 0.717) is 27.5 Å². The van der Waals surface area contributed by atoms with E-state index in [-0.39, 0.29) is 17.6 Å². The summed E-state index contributed by atoms with van der Waals surface area (Å²) >= 11 is 13.0. The Balaban J connectivity index is 1.76. The maximum atomic E-state index is 11.8. The highest BCUT2D eigenvalue weighted by molar-refractivity contribution is 7.88. The molecule has 0 unspecified atom stereocenters. The van der Waals surface area contributed by atoms with Gasteiger partial charge < -0.3 is 9.84 Å². The molecule has 3 aromatic rings. The highest BCUT2D eigenvalue weighted by atomic mass is 35.5. The van der Waals surface area contributed by atoms with Crippen LogP contribution in [0.15, 0.2) is 67.0 Å². The normalized spacial score (nSPS) is 19.9. The molecule has 1 fully saturated rings. The van der Waals surface area contributed by atoms with Crippen molar-refractivity contribution in [3.05, 3.63) is 77.0 Å². The first-order valence-corrected chi connectivity index (χ1v) is 10.9. The maximum absolute atomic E-state index is 11.8. The van der Waals surface area contributed by atoms with E-state index in [1.165, 1.54) is 13.3 Å². The number of hydrogen-bond acceptors (Lipinski definition) is 5. The van der Waals surface area contributed by atoms with Gasteiger partial charge in [0.2, 0.25) is 5.25 Å². The zero-order valence-electron chi connectivity index (χ0n) is 16.0. The molecule has 2 heterocycles. The molecule has 0 radical (unpaired) electrons. The summed E-state index contributed by atoms with van der Waals surface area (Å²) in [6.07, 6.45) is 3.29. The second kappa shape index (κ2) is 8.47. The van der Waals surface area contributed by atoms with Crippen LogP contribution in [0.2, 0.25) is 10.0 Å². The van der Waals surface area contributed by atoms with Gasteiger partial charge in [-0.25, -0.2) is 0 Å². The minimum atomic E-state index is -1.27. The molecule has 2 atom stereocenters. The number of carbonyl (C=O) groups excluding carboxylic acids is 1. The lowest BCUT2D eigenvalue weighted by Crippen LogP contribution is -2.37. The summed E-state index contributed by atoms with van der Waals surface area (Å²) in [5.41, 5.74) is 3.28. The van der Waals surface area contributed by atoms with Crippen LogP contribution >= 0.6 is 23.2 Å². The van der Waals surface area contributed by atoms with Crippen LogP contribution < -0.4 is 4.90 Å². The Morgan fingerprint density at radius 2 is 1.83 bits per heavy atom. The molecule has 1 aromatic heterocycles. The third kappa shape index (κ3) is 4.27. The van der Waals surface area contributed by atoms with Gasteiger partial charge in [-0.1, -0.05) is 47.5 Å². The molecule has 4 rings (SSSR count). The third-order valence-corrected chi connectivity index (χ3v) is 6.76. The van der Waals surface area contributed by atoms with Crippen LogP contribution in [0.1, 0.15) is 6.42 Å². The minimum absolute atomic E-state index is 0.118. The van der Waals surface area contributed by atoms with Gasteiger partial charge in [0.1, 0.15) is 6.42 Å². The lowest BCUT2D eigenvalue weighted by Gasteiger charge is -2.25. The molecule has 0 aliphatic carbocycles. The Morgan fingerprint density at radius 1 is 1.10 bits per heavy atom. The van der Waals surface area contributed by atoms with Gasteiger partial charge in [0.05, 0.1) is 24.0 Å². The van der Waals surface area contributed by atoms with Gasteiger partial charge in [-0.05, 0) is 41.5 Å². The molecule has 2 aromatic carbocycles. The number of nitrogens with zero attached hydrogens (tertiary/aromatic N) is 2. The van der Waals surface area contributed by atoms with Crippen LogP contribution in [0.4, 0.5) is 11.4 Å². The molecule has 1 aliphatic rings. The molecule has 0 amide bonds. The summed E-state index contributed by atoms with van der Waals surface area (Å²) in [4.78, 5) is 17.7. The number of benzene rings is 2. The van der Waals surface area contributed by atoms with Crippen molar-refractivity contribution < 1.29 is 14.6 Å². The fraction of sp³-hybridized carbons (Fsp3) is 0.182. The molecule has 154 valence electrons. The van der Waals surface area contributed by atoms with Gasteiger partial charge in [0.25, 0.3) is 0 Å². The molecular formula is C22H19Cl2N2O3S+. The summed E-state index contributed by atoms with van der Waals surface area (Å²) in [7, 11) is 1.34. The summed E-state index contributed by atoms with van der Waals surface area (Å²) in [6, 6.07) is 17.1. The molecule has 1 N–H and O–H groups in total. The predicted octanol–water partition coefficient (Wildman–Crippen LogP) is 4.60. The predicted molar refractivity (Wildman–Crippen MR) is 122 cm³/mol. The number of halogens is 2. The monoisotopic (exact) mass is 461 g/mol. The number of rotatable bonds is 6. The largest absolute Gasteiger partial charge is 0.469 e. The number of pyridine rings is 1. The average Bonchev–Trinajstić information content (AvgIpc) is 3.37. The van der Waals surface area contributed by atoms with Gasteiger partial charge in [-0.3, -0.25) is 14.7 Å². The molecule has 5 nitrogen and oxygen atoms in total. The minimum Gasteiger partial charge on any atom is -0.469 e. The van der Waals surface area contributed by atoms with E-state index in [0.717, 1.165) is 16.8 Å². The van der Waals surface area contributed by atoms with Crippen molar-refractivity contribution in [3.8, 4) is 11.1 Å². The van der Waals surface area contributed by atoms with E-state index in [4.69, 9.17) is 27.9 Å². The number of hydrogen-bond donors (Lipinski definition) is 1. The highest BCUT2D eigenvalue weighted by Crippen LogP contribution is 2.48. The van der Waals surface area contributed by atoms with Crippen LogP contribution in [-0.2, 0) is 21.3 Å². The Kier molecular flexibility index (Phi) is 5.93. The number of thiol groups is 1. The quantitative estimate of drug-likeness (QED) is 0.191. The first-order chi connectivity index (χ1) is 14.4. The van der Waals surface area contributed by atoms with E-state index >= 15 is 0 Å². The van der Waals surface area contributed by atoms with Gasteiger partial charge in [-0.2, -0.15) is 0 Å². The van der Waals surface area contributed by atoms with Gasteiger partial charge in [0, 0.05) is 28.7 Å². The highest BCUT2D eigenvalue weighted by Gasteiger charge is 2.72. The second-order valence-corrected chi connectivity index (χ2v) is 9.28. The fourth-order valence-electron chi connectivity index (χ4n) is 3.37. The summed E-state index contributed by atoms with van der Waals surface area (Å²) in [5.74, 6) is -0.361. The molecule has 0 spiro atoms. The number of ether oxygens (including phenoxy) is 1. The maximum Gasteiger partial charge on any atom is 0.358 e. The van der Waals surface area contributed by atoms with Crippen molar-refractivity contribution in [2.24, 2.45) is 0 Å². The van der Waals surface area contributed by atoms with Gasteiger partial charge in [0.15, 0.2) is 0 Å². The SMILES string of the molecule is COC(=O)C[C@@H]1[SH+][C@]1(O)N(c1cncc(Cl)c1)c1cccc(-c2cccc(Cl)c2)c1. The number of carbonyl (C=O) groups is 1. The van der Waals surface area contributed by atoms with Crippen LogP contribution in [0.5, 0.6) is 0 Å². The van der Waals surface area contributed by atoms with Crippen molar-refractivity contribution >= 4 is 52.3 Å². The van der Waals surface area contributed by atoms with E-state index < -0.39 is 5.06 Å². The summed E-state index contributed by atoms with van der Waals surface area (Å²) in [6.45, 7) is 0. The average molecular weight is 462 g/mol. The molecule has 30 heavy (non-hydrogen) atoms. The topological polar surface area (TPSA) is 62.7 Å². The lowest BCUT2D eigenvalue weighted by atomic mass is 10.0. The zero-order valence-corrected chi connectivity index (χ0v) is 18.4. The standard InChI is InChI=1S/C22H18Cl2N2O3S/c1-29-21(27)11-20-22(28,30-20)26(19-10-17(24)12-25-13-19)18-7-3-5-15(9-18)14-4-2-6-16(23)8-14/h2-10,12-13,20,28H,11H2,1H3/p+1/t20-,22-/m0/s1. The summed E-state index contributed by atoms with van der Waals surface area (Å²) < 4.78 is 4.77. The van der Waals surface area contributed by atoms with Crippen molar-refractivity contribution in [1.82, 2.24) is 4.98 Å². The van der Waals surface area contributed by atoms with E-state index in [9.17, 15) is 9.90 Å². The van der Waals surface area contributed by atoms with Gasteiger partial charge in [-0.15, -0.1) is 0 Å². The van der Waals surface area contributed by atoms with Crippen LogP contribution in [0, 0.1) is 0 Å². The number of esters is 1. The number of aliphatic hydroxyl groups is 1. The van der Waals surface area contributed by atoms with Crippen molar-refractivity contribution in [3.63, 3.8) is 0 Å². The molecule has 0 saturated carbocycles. The molecular weight excluding hydrogens is 443 g/mol. The zero-order chi connectivity index (χ0) is 21.3. The van der Waals surface area contributed by atoms with Gasteiger partial charge >= 0.3 is 11.0 Å². The lowest BCUT2D eigenvalue weighted by molar-refractivity contribution is -0.140. The first-order valence-electron chi connectivity index (χ1n) is 9.19. The van der Waals surface area contributed by atoms with E-state index in [2.05, 4.69) is 4.98 Å². The molecule has 0 bridgehead atoms. The molecule has 8 heteroatoms. The fourth-order valence-corrected chi connectivity index (χ4v) is 4.90. The summed E-state index contributed by atoms with van der Waals surface area (Å²) in [5, 5.41) is 10.9. The first kappa shape index (κ1) is 21.0. The Bertz CT molecular complexity index is 1100. The second-order valence-electron chi connectivity index (χ2n) is 6.87. The van der Waals surface area contributed by atoms with Crippen LogP contribution in [0.25, 0.3) is 11.1 Å². The Hall–Kier alpha value is -2.25.